The number of hydrogen-bond donors (Lipinski definition) is 0. The molecule has 0 N–H and O–H groups in total. The molecule has 0 aliphatic rings. The van der Waals surface area contributed by atoms with Crippen molar-refractivity contribution >= 4 is 34.4 Å². The Morgan fingerprint density at radius 1 is 1.27 bits per heavy atom. The molecule has 4 rings (SSSR count). The van der Waals surface area contributed by atoms with Gasteiger partial charge in [-0.05, 0) is 30.3 Å². The number of nitrogens with zero attached hydrogens (tertiary/aromatic N) is 4. The first-order valence-corrected chi connectivity index (χ1v) is 9.25. The molecule has 0 atom stereocenters. The number of benzene rings is 1. The summed E-state index contributed by atoms with van der Waals surface area (Å²) in [7, 11) is 1.68. The van der Waals surface area contributed by atoms with E-state index in [2.05, 4.69) is 19.7 Å². The first-order valence-electron chi connectivity index (χ1n) is 7.88. The Morgan fingerprint density at radius 3 is 3.00 bits per heavy atom. The van der Waals surface area contributed by atoms with Crippen molar-refractivity contribution in [2.24, 2.45) is 0 Å². The van der Waals surface area contributed by atoms with Crippen LogP contribution >= 0.6 is 23.4 Å². The van der Waals surface area contributed by atoms with Crippen molar-refractivity contribution in [2.75, 3.05) is 13.7 Å². The van der Waals surface area contributed by atoms with Crippen molar-refractivity contribution in [1.82, 2.24) is 19.7 Å². The second-order valence-corrected chi connectivity index (χ2v) is 6.83. The SMILES string of the molecule is COCCn1c(SCc2nc(-c3ccco3)no2)nc2cc(Cl)ccc21. The Balaban J connectivity index is 1.56. The van der Waals surface area contributed by atoms with Crippen molar-refractivity contribution in [3.05, 3.63) is 47.5 Å². The molecular formula is C17H15ClN4O3S. The van der Waals surface area contributed by atoms with Crippen LogP contribution in [0.2, 0.25) is 5.02 Å². The minimum atomic E-state index is 0.435. The van der Waals surface area contributed by atoms with Gasteiger partial charge in [-0.25, -0.2) is 4.98 Å². The van der Waals surface area contributed by atoms with Gasteiger partial charge in [0.2, 0.25) is 11.7 Å². The summed E-state index contributed by atoms with van der Waals surface area (Å²) in [5, 5.41) is 5.44. The zero-order valence-electron chi connectivity index (χ0n) is 13.9. The van der Waals surface area contributed by atoms with E-state index >= 15 is 0 Å². The normalized spacial score (nSPS) is 11.5. The molecule has 26 heavy (non-hydrogen) atoms. The smallest absolute Gasteiger partial charge is 0.238 e. The molecule has 0 amide bonds. The number of imidazole rings is 1. The lowest BCUT2D eigenvalue weighted by atomic mass is 10.3. The quantitative estimate of drug-likeness (QED) is 0.436. The second kappa shape index (κ2) is 7.53. The molecule has 0 aliphatic carbocycles. The van der Waals surface area contributed by atoms with Gasteiger partial charge in [0.15, 0.2) is 10.9 Å². The third-order valence-corrected chi connectivity index (χ3v) is 4.92. The number of halogens is 1. The third kappa shape index (κ3) is 3.48. The van der Waals surface area contributed by atoms with Crippen LogP contribution in [0.4, 0.5) is 0 Å². The molecule has 9 heteroatoms. The summed E-state index contributed by atoms with van der Waals surface area (Å²) in [5.74, 6) is 2.01. The summed E-state index contributed by atoms with van der Waals surface area (Å²) in [6, 6.07) is 9.24. The number of thioether (sulfide) groups is 1. The van der Waals surface area contributed by atoms with E-state index in [0.29, 0.717) is 41.4 Å². The molecular weight excluding hydrogens is 376 g/mol. The van der Waals surface area contributed by atoms with E-state index in [-0.39, 0.29) is 0 Å². The first kappa shape index (κ1) is 17.1. The maximum absolute atomic E-state index is 6.09. The highest BCUT2D eigenvalue weighted by Crippen LogP contribution is 2.28. The monoisotopic (exact) mass is 390 g/mol. The van der Waals surface area contributed by atoms with E-state index in [1.807, 2.05) is 18.2 Å². The van der Waals surface area contributed by atoms with Gasteiger partial charge in [-0.2, -0.15) is 4.98 Å². The number of methoxy groups -OCH3 is 1. The van der Waals surface area contributed by atoms with Crippen LogP contribution in [-0.2, 0) is 17.0 Å². The van der Waals surface area contributed by atoms with Crippen LogP contribution in [0.25, 0.3) is 22.6 Å². The molecule has 0 bridgehead atoms. The summed E-state index contributed by atoms with van der Waals surface area (Å²) >= 11 is 7.61. The van der Waals surface area contributed by atoms with Gasteiger partial charge in [-0.15, -0.1) is 0 Å². The van der Waals surface area contributed by atoms with Crippen LogP contribution in [0.3, 0.4) is 0 Å². The van der Waals surface area contributed by atoms with Crippen LogP contribution in [0.5, 0.6) is 0 Å². The first-order chi connectivity index (χ1) is 12.7. The number of aromatic nitrogens is 4. The van der Waals surface area contributed by atoms with Gasteiger partial charge in [0.1, 0.15) is 0 Å². The van der Waals surface area contributed by atoms with Crippen LogP contribution in [-0.4, -0.2) is 33.4 Å². The molecule has 0 fully saturated rings. The molecule has 0 aliphatic heterocycles. The Morgan fingerprint density at radius 2 is 2.19 bits per heavy atom. The average molecular weight is 391 g/mol. The summed E-state index contributed by atoms with van der Waals surface area (Å²) in [6.07, 6.45) is 1.57. The minimum Gasteiger partial charge on any atom is -0.461 e. The lowest BCUT2D eigenvalue weighted by molar-refractivity contribution is 0.186. The molecule has 0 spiro atoms. The van der Waals surface area contributed by atoms with Gasteiger partial charge >= 0.3 is 0 Å². The zero-order chi connectivity index (χ0) is 17.9. The highest BCUT2D eigenvalue weighted by Gasteiger charge is 2.15. The van der Waals surface area contributed by atoms with Crippen LogP contribution < -0.4 is 0 Å². The van der Waals surface area contributed by atoms with E-state index in [0.717, 1.165) is 16.2 Å². The number of rotatable bonds is 7. The van der Waals surface area contributed by atoms with E-state index in [4.69, 9.17) is 25.3 Å². The Labute approximate surface area is 158 Å². The number of furan rings is 1. The summed E-state index contributed by atoms with van der Waals surface area (Å²) in [4.78, 5) is 9.03. The second-order valence-electron chi connectivity index (χ2n) is 5.45. The van der Waals surface area contributed by atoms with Crippen molar-refractivity contribution in [1.29, 1.82) is 0 Å². The fourth-order valence-electron chi connectivity index (χ4n) is 2.54. The Bertz CT molecular complexity index is 1010. The summed E-state index contributed by atoms with van der Waals surface area (Å²) < 4.78 is 17.9. The molecule has 7 nitrogen and oxygen atoms in total. The fourth-order valence-corrected chi connectivity index (χ4v) is 3.58. The molecule has 134 valence electrons. The van der Waals surface area contributed by atoms with E-state index in [1.165, 1.54) is 11.8 Å². The van der Waals surface area contributed by atoms with E-state index in [9.17, 15) is 0 Å². The molecule has 4 aromatic rings. The van der Waals surface area contributed by atoms with Gasteiger partial charge in [-0.3, -0.25) is 0 Å². The largest absolute Gasteiger partial charge is 0.461 e. The maximum atomic E-state index is 6.09. The predicted molar refractivity (Wildman–Crippen MR) is 98.2 cm³/mol. The Hall–Kier alpha value is -2.29. The number of fused-ring (bicyclic) bond motifs is 1. The third-order valence-electron chi connectivity index (χ3n) is 3.73. The maximum Gasteiger partial charge on any atom is 0.238 e. The summed E-state index contributed by atoms with van der Waals surface area (Å²) in [5.41, 5.74) is 1.86. The molecule has 0 saturated carbocycles. The van der Waals surface area contributed by atoms with Crippen LogP contribution in [0, 0.1) is 0 Å². The highest BCUT2D eigenvalue weighted by molar-refractivity contribution is 7.98. The van der Waals surface area contributed by atoms with Gasteiger partial charge in [-0.1, -0.05) is 28.5 Å². The molecule has 0 saturated heterocycles. The van der Waals surface area contributed by atoms with Crippen molar-refractivity contribution in [3.63, 3.8) is 0 Å². The zero-order valence-corrected chi connectivity index (χ0v) is 15.5. The van der Waals surface area contributed by atoms with Crippen molar-refractivity contribution in [2.45, 2.75) is 17.5 Å². The molecule has 3 aromatic heterocycles. The standard InChI is InChI=1S/C17H15ClN4O3S/c1-23-8-6-22-13-5-4-11(18)9-12(13)19-17(22)26-10-15-20-16(21-25-15)14-3-2-7-24-14/h2-5,7,9H,6,8,10H2,1H3. The summed E-state index contributed by atoms with van der Waals surface area (Å²) in [6.45, 7) is 1.28. The van der Waals surface area contributed by atoms with Gasteiger partial charge in [0, 0.05) is 18.7 Å². The molecule has 3 heterocycles. The van der Waals surface area contributed by atoms with Gasteiger partial charge < -0.3 is 18.2 Å². The molecule has 1 aromatic carbocycles. The topological polar surface area (TPSA) is 79.1 Å². The van der Waals surface area contributed by atoms with Crippen LogP contribution in [0.15, 0.2) is 50.7 Å². The van der Waals surface area contributed by atoms with E-state index < -0.39 is 0 Å². The predicted octanol–water partition coefficient (Wildman–Crippen LogP) is 4.27. The lowest BCUT2D eigenvalue weighted by Gasteiger charge is -2.07. The fraction of sp³-hybridized carbons (Fsp3) is 0.235. The van der Waals surface area contributed by atoms with Gasteiger partial charge in [0.25, 0.3) is 0 Å². The molecule has 0 unspecified atom stereocenters. The van der Waals surface area contributed by atoms with E-state index in [1.54, 1.807) is 25.5 Å². The highest BCUT2D eigenvalue weighted by atomic mass is 35.5. The number of hydrogen-bond acceptors (Lipinski definition) is 7. The number of ether oxygens (including phenoxy) is 1. The van der Waals surface area contributed by atoms with Crippen molar-refractivity contribution < 1.29 is 13.7 Å². The minimum absolute atomic E-state index is 0.435. The van der Waals surface area contributed by atoms with Crippen LogP contribution in [0.1, 0.15) is 5.89 Å². The average Bonchev–Trinajstić information content (AvgIpc) is 3.37. The van der Waals surface area contributed by atoms with Gasteiger partial charge in [0.05, 0.1) is 29.7 Å². The Kier molecular flexibility index (Phi) is 4.96. The molecule has 0 radical (unpaired) electrons. The van der Waals surface area contributed by atoms with Crippen molar-refractivity contribution in [3.8, 4) is 11.6 Å². The lowest BCUT2D eigenvalue weighted by Crippen LogP contribution is -2.05.